The molecule has 0 saturated carbocycles. The van der Waals surface area contributed by atoms with E-state index < -0.39 is 0 Å². The van der Waals surface area contributed by atoms with Gasteiger partial charge in [-0.1, -0.05) is 62.7 Å². The Bertz CT molecular complexity index is 194. The van der Waals surface area contributed by atoms with Crippen molar-refractivity contribution in [1.29, 1.82) is 0 Å². The molecule has 0 saturated heterocycles. The van der Waals surface area contributed by atoms with E-state index in [9.17, 15) is 0 Å². The zero-order valence-electron chi connectivity index (χ0n) is 10.5. The number of rotatable bonds is 1. The van der Waals surface area contributed by atoms with E-state index >= 15 is 0 Å². The second-order valence-electron chi connectivity index (χ2n) is 1.98. The van der Waals surface area contributed by atoms with Gasteiger partial charge in [-0.05, 0) is 24.1 Å². The average Bonchev–Trinajstić information content (AvgIpc) is 2.38. The molecule has 2 heteroatoms. The van der Waals surface area contributed by atoms with Gasteiger partial charge in [0.25, 0.3) is 0 Å². The molecule has 1 aromatic rings. The lowest BCUT2D eigenvalue weighted by Crippen LogP contribution is -1.75. The molecule has 0 heterocycles. The van der Waals surface area contributed by atoms with Crippen molar-refractivity contribution in [3.63, 3.8) is 0 Å². The van der Waals surface area contributed by atoms with Crippen molar-refractivity contribution in [2.24, 2.45) is 0 Å². The van der Waals surface area contributed by atoms with E-state index in [1.807, 2.05) is 34.5 Å². The van der Waals surface area contributed by atoms with Crippen LogP contribution in [-0.4, -0.2) is 6.79 Å². The molecule has 0 spiro atoms. The SMILES string of the molecule is C=O.CC.CC.CCc1ccc(Br)cc1. The van der Waals surface area contributed by atoms with Gasteiger partial charge in [0.05, 0.1) is 0 Å². The van der Waals surface area contributed by atoms with Crippen LogP contribution in [0.5, 0.6) is 0 Å². The van der Waals surface area contributed by atoms with Crippen LogP contribution in [-0.2, 0) is 11.2 Å². The minimum absolute atomic E-state index is 1.12. The Morgan fingerprint density at radius 3 is 1.60 bits per heavy atom. The first-order valence-electron chi connectivity index (χ1n) is 5.36. The summed E-state index contributed by atoms with van der Waals surface area (Å²) in [5.41, 5.74) is 1.39. The van der Waals surface area contributed by atoms with Gasteiger partial charge in [-0.25, -0.2) is 0 Å². The smallest absolute Gasteiger partial charge is 0.106 e. The maximum atomic E-state index is 8.00. The fourth-order valence-corrected chi connectivity index (χ4v) is 0.984. The summed E-state index contributed by atoms with van der Waals surface area (Å²) < 4.78 is 1.15. The second-order valence-corrected chi connectivity index (χ2v) is 2.90. The quantitative estimate of drug-likeness (QED) is 0.714. The zero-order chi connectivity index (χ0) is 12.7. The van der Waals surface area contributed by atoms with Gasteiger partial charge in [0, 0.05) is 4.47 Å². The van der Waals surface area contributed by atoms with Crippen LogP contribution in [0.1, 0.15) is 40.2 Å². The molecule has 15 heavy (non-hydrogen) atoms. The minimum Gasteiger partial charge on any atom is -0.307 e. The van der Waals surface area contributed by atoms with Crippen molar-refractivity contribution in [1.82, 2.24) is 0 Å². The van der Waals surface area contributed by atoms with Gasteiger partial charge in [0.15, 0.2) is 0 Å². The molecule has 0 aliphatic carbocycles. The molecule has 0 aliphatic heterocycles. The van der Waals surface area contributed by atoms with Crippen LogP contribution in [0.15, 0.2) is 28.7 Å². The van der Waals surface area contributed by atoms with Crippen molar-refractivity contribution in [3.8, 4) is 0 Å². The summed E-state index contributed by atoms with van der Waals surface area (Å²) in [4.78, 5) is 8.00. The summed E-state index contributed by atoms with van der Waals surface area (Å²) >= 11 is 3.37. The van der Waals surface area contributed by atoms with E-state index in [-0.39, 0.29) is 0 Å². The lowest BCUT2D eigenvalue weighted by atomic mass is 10.2. The first-order valence-corrected chi connectivity index (χ1v) is 6.15. The fraction of sp³-hybridized carbons (Fsp3) is 0.462. The Balaban J connectivity index is -0.000000208. The summed E-state index contributed by atoms with van der Waals surface area (Å²) in [6, 6.07) is 8.39. The predicted octanol–water partition coefficient (Wildman–Crippen LogP) is 4.88. The summed E-state index contributed by atoms with van der Waals surface area (Å²) in [5, 5.41) is 0. The van der Waals surface area contributed by atoms with Crippen molar-refractivity contribution in [2.45, 2.75) is 41.0 Å². The minimum atomic E-state index is 1.12. The van der Waals surface area contributed by atoms with E-state index in [0.717, 1.165) is 10.9 Å². The van der Waals surface area contributed by atoms with Crippen LogP contribution < -0.4 is 0 Å². The Kier molecular flexibility index (Phi) is 25.2. The summed E-state index contributed by atoms with van der Waals surface area (Å²) in [7, 11) is 0. The van der Waals surface area contributed by atoms with Crippen LogP contribution >= 0.6 is 15.9 Å². The number of aryl methyl sites for hydroxylation is 1. The lowest BCUT2D eigenvalue weighted by molar-refractivity contribution is -0.0979. The molecule has 0 radical (unpaired) electrons. The second kappa shape index (κ2) is 19.0. The maximum Gasteiger partial charge on any atom is 0.106 e. The van der Waals surface area contributed by atoms with Crippen molar-refractivity contribution >= 4 is 22.7 Å². The molecule has 1 rings (SSSR count). The van der Waals surface area contributed by atoms with E-state index in [4.69, 9.17) is 4.79 Å². The fourth-order valence-electron chi connectivity index (χ4n) is 0.720. The van der Waals surface area contributed by atoms with Crippen LogP contribution in [0.3, 0.4) is 0 Å². The normalized spacial score (nSPS) is 6.80. The Hall–Kier alpha value is -0.630. The number of hydrogen-bond acceptors (Lipinski definition) is 1. The van der Waals surface area contributed by atoms with Gasteiger partial charge in [-0.15, -0.1) is 0 Å². The highest BCUT2D eigenvalue weighted by molar-refractivity contribution is 9.10. The van der Waals surface area contributed by atoms with E-state index in [0.29, 0.717) is 0 Å². The standard InChI is InChI=1S/C8H9Br.2C2H6.CH2O/c1-2-7-3-5-8(9)6-4-7;3*1-2/h3-6H,2H2,1H3;2*1-2H3;1H2. The predicted molar refractivity (Wildman–Crippen MR) is 73.3 cm³/mol. The summed E-state index contributed by atoms with van der Waals surface area (Å²) in [6.45, 7) is 12.2. The molecule has 0 aromatic heterocycles. The van der Waals surface area contributed by atoms with Crippen molar-refractivity contribution in [3.05, 3.63) is 34.3 Å². The molecule has 0 N–H and O–H groups in total. The third-order valence-corrected chi connectivity index (χ3v) is 1.85. The molecule has 1 nitrogen and oxygen atoms in total. The zero-order valence-corrected chi connectivity index (χ0v) is 12.1. The molecule has 1 aromatic carbocycles. The van der Waals surface area contributed by atoms with Gasteiger partial charge in [0.2, 0.25) is 0 Å². The van der Waals surface area contributed by atoms with Crippen LogP contribution in [0, 0.1) is 0 Å². The van der Waals surface area contributed by atoms with Crippen LogP contribution in [0.4, 0.5) is 0 Å². The third kappa shape index (κ3) is 13.4. The number of carbonyl (C=O) groups excluding carboxylic acids is 1. The van der Waals surface area contributed by atoms with Gasteiger partial charge in [-0.2, -0.15) is 0 Å². The maximum absolute atomic E-state index is 8.00. The van der Waals surface area contributed by atoms with Gasteiger partial charge < -0.3 is 4.79 Å². The summed E-state index contributed by atoms with van der Waals surface area (Å²) in [6.07, 6.45) is 1.12. The van der Waals surface area contributed by atoms with Crippen LogP contribution in [0.25, 0.3) is 0 Å². The highest BCUT2D eigenvalue weighted by Crippen LogP contribution is 2.10. The first-order chi connectivity index (χ1) is 7.33. The van der Waals surface area contributed by atoms with Gasteiger partial charge in [0.1, 0.15) is 6.79 Å². The summed E-state index contributed by atoms with van der Waals surface area (Å²) in [5.74, 6) is 0. The molecule has 0 atom stereocenters. The third-order valence-electron chi connectivity index (χ3n) is 1.32. The number of hydrogen-bond donors (Lipinski definition) is 0. The molecular weight excluding hydrogens is 252 g/mol. The van der Waals surface area contributed by atoms with Crippen LogP contribution in [0.2, 0.25) is 0 Å². The highest BCUT2D eigenvalue weighted by atomic mass is 79.9. The van der Waals surface area contributed by atoms with Crippen molar-refractivity contribution in [2.75, 3.05) is 0 Å². The molecule has 0 aliphatic rings. The Morgan fingerprint density at radius 1 is 1.00 bits per heavy atom. The monoisotopic (exact) mass is 274 g/mol. The van der Waals surface area contributed by atoms with Gasteiger partial charge in [-0.3, -0.25) is 0 Å². The van der Waals surface area contributed by atoms with E-state index in [2.05, 4.69) is 47.1 Å². The molecule has 0 unspecified atom stereocenters. The number of benzene rings is 1. The topological polar surface area (TPSA) is 17.1 Å². The van der Waals surface area contributed by atoms with E-state index in [1.54, 1.807) is 0 Å². The molecule has 88 valence electrons. The molecular formula is C13H23BrO. The average molecular weight is 275 g/mol. The molecule has 0 amide bonds. The lowest BCUT2D eigenvalue weighted by Gasteiger charge is -1.93. The Morgan fingerprint density at radius 2 is 1.33 bits per heavy atom. The first kappa shape index (κ1) is 19.9. The molecule has 0 bridgehead atoms. The van der Waals surface area contributed by atoms with Crippen molar-refractivity contribution < 1.29 is 4.79 Å². The molecule has 0 fully saturated rings. The van der Waals surface area contributed by atoms with E-state index in [1.165, 1.54) is 5.56 Å². The Labute approximate surface area is 103 Å². The largest absolute Gasteiger partial charge is 0.307 e. The number of halogens is 1. The van der Waals surface area contributed by atoms with Gasteiger partial charge >= 0.3 is 0 Å². The highest BCUT2D eigenvalue weighted by Gasteiger charge is 1.86. The number of carbonyl (C=O) groups is 1.